The van der Waals surface area contributed by atoms with Crippen LogP contribution in [0.3, 0.4) is 0 Å². The Morgan fingerprint density at radius 3 is 2.69 bits per heavy atom. The highest BCUT2D eigenvalue weighted by atomic mass is 16.5. The van der Waals surface area contributed by atoms with Gasteiger partial charge in [0.1, 0.15) is 5.75 Å². The Bertz CT molecular complexity index is 462. The van der Waals surface area contributed by atoms with Gasteiger partial charge in [0.05, 0.1) is 0 Å². The summed E-state index contributed by atoms with van der Waals surface area (Å²) < 4.78 is 5.09. The Balaban J connectivity index is 2.21. The topological polar surface area (TPSA) is 85.2 Å². The van der Waals surface area contributed by atoms with Crippen LogP contribution in [0.15, 0.2) is 28.8 Å². The van der Waals surface area contributed by atoms with E-state index in [0.29, 0.717) is 18.1 Å². The Labute approximate surface area is 92.9 Å². The molecule has 2 aromatic rings. The van der Waals surface area contributed by atoms with Crippen molar-refractivity contribution in [2.75, 3.05) is 0 Å². The molecule has 16 heavy (non-hydrogen) atoms. The van der Waals surface area contributed by atoms with Gasteiger partial charge in [-0.15, -0.1) is 0 Å². The quantitative estimate of drug-likeness (QED) is 0.813. The molecular formula is C11H13N3O2. The van der Waals surface area contributed by atoms with Crippen LogP contribution in [-0.4, -0.2) is 21.3 Å². The fourth-order valence-electron chi connectivity index (χ4n) is 1.35. The fourth-order valence-corrected chi connectivity index (χ4v) is 1.35. The molecule has 0 aliphatic heterocycles. The first-order valence-electron chi connectivity index (χ1n) is 5.02. The Morgan fingerprint density at radius 1 is 1.38 bits per heavy atom. The fraction of sp³-hybridized carbons (Fsp3) is 0.273. The molecule has 5 nitrogen and oxygen atoms in total. The highest BCUT2D eigenvalue weighted by molar-refractivity contribution is 5.53. The van der Waals surface area contributed by atoms with Crippen LogP contribution in [0, 0.1) is 0 Å². The van der Waals surface area contributed by atoms with Gasteiger partial charge in [-0.25, -0.2) is 0 Å². The summed E-state index contributed by atoms with van der Waals surface area (Å²) in [7, 11) is 0. The van der Waals surface area contributed by atoms with Crippen molar-refractivity contribution >= 4 is 0 Å². The molecule has 3 N–H and O–H groups in total. The molecule has 0 saturated heterocycles. The molecule has 5 heteroatoms. The first-order chi connectivity index (χ1) is 7.65. The maximum absolute atomic E-state index is 9.14. The third-order valence-electron chi connectivity index (χ3n) is 2.09. The summed E-state index contributed by atoms with van der Waals surface area (Å²) in [5.74, 6) is 1.24. The first kappa shape index (κ1) is 10.6. The number of nitrogens with zero attached hydrogens (tertiary/aromatic N) is 2. The summed E-state index contributed by atoms with van der Waals surface area (Å²) in [6.07, 6.45) is 0.585. The third-order valence-corrected chi connectivity index (χ3v) is 2.09. The van der Waals surface area contributed by atoms with Crippen molar-refractivity contribution in [2.45, 2.75) is 19.4 Å². The summed E-state index contributed by atoms with van der Waals surface area (Å²) in [6.45, 7) is 1.89. The van der Waals surface area contributed by atoms with E-state index in [1.807, 2.05) is 6.92 Å². The molecule has 0 spiro atoms. The maximum atomic E-state index is 9.14. The predicted molar refractivity (Wildman–Crippen MR) is 58.8 cm³/mol. The summed E-state index contributed by atoms with van der Waals surface area (Å²) in [4.78, 5) is 4.21. The van der Waals surface area contributed by atoms with Crippen molar-refractivity contribution in [2.24, 2.45) is 5.73 Å². The second kappa shape index (κ2) is 4.32. The minimum atomic E-state index is 0.00488. The summed E-state index contributed by atoms with van der Waals surface area (Å²) >= 11 is 0. The molecule has 0 saturated carbocycles. The SMILES string of the molecule is CC(N)Cc1noc(-c2ccc(O)cc2)n1. The summed E-state index contributed by atoms with van der Waals surface area (Å²) in [5.41, 5.74) is 6.42. The number of phenolic OH excluding ortho intramolecular Hbond substituents is 1. The van der Waals surface area contributed by atoms with E-state index in [4.69, 9.17) is 15.4 Å². The molecule has 0 bridgehead atoms. The molecular weight excluding hydrogens is 206 g/mol. The molecule has 1 aromatic heterocycles. The lowest BCUT2D eigenvalue weighted by Crippen LogP contribution is -2.18. The van der Waals surface area contributed by atoms with Crippen LogP contribution >= 0.6 is 0 Å². The zero-order chi connectivity index (χ0) is 11.5. The number of benzene rings is 1. The van der Waals surface area contributed by atoms with Gasteiger partial charge in [0.2, 0.25) is 0 Å². The van der Waals surface area contributed by atoms with Crippen LogP contribution < -0.4 is 5.73 Å². The third kappa shape index (κ3) is 2.38. The van der Waals surface area contributed by atoms with E-state index in [9.17, 15) is 0 Å². The molecule has 0 aliphatic carbocycles. The number of aromatic nitrogens is 2. The van der Waals surface area contributed by atoms with Crippen LogP contribution in [0.1, 0.15) is 12.7 Å². The number of rotatable bonds is 3. The van der Waals surface area contributed by atoms with Gasteiger partial charge in [-0.3, -0.25) is 0 Å². The lowest BCUT2D eigenvalue weighted by Gasteiger charge is -1.97. The van der Waals surface area contributed by atoms with Gasteiger partial charge in [-0.2, -0.15) is 4.98 Å². The molecule has 2 rings (SSSR count). The van der Waals surface area contributed by atoms with E-state index < -0.39 is 0 Å². The van der Waals surface area contributed by atoms with Crippen LogP contribution in [-0.2, 0) is 6.42 Å². The van der Waals surface area contributed by atoms with Gasteiger partial charge < -0.3 is 15.4 Å². The van der Waals surface area contributed by atoms with Gasteiger partial charge in [-0.1, -0.05) is 5.16 Å². The van der Waals surface area contributed by atoms with Gasteiger partial charge in [0.15, 0.2) is 5.82 Å². The average molecular weight is 219 g/mol. The van der Waals surface area contributed by atoms with Gasteiger partial charge >= 0.3 is 0 Å². The van der Waals surface area contributed by atoms with E-state index in [1.165, 1.54) is 0 Å². The highest BCUT2D eigenvalue weighted by Gasteiger charge is 2.09. The first-order valence-corrected chi connectivity index (χ1v) is 5.02. The van der Waals surface area contributed by atoms with Gasteiger partial charge in [0, 0.05) is 18.0 Å². The molecule has 1 heterocycles. The largest absolute Gasteiger partial charge is 0.508 e. The van der Waals surface area contributed by atoms with E-state index in [1.54, 1.807) is 24.3 Å². The van der Waals surface area contributed by atoms with Crippen molar-refractivity contribution in [3.63, 3.8) is 0 Å². The number of nitrogens with two attached hydrogens (primary N) is 1. The average Bonchev–Trinajstić information content (AvgIpc) is 2.66. The number of aromatic hydroxyl groups is 1. The molecule has 0 amide bonds. The second-order valence-electron chi connectivity index (χ2n) is 3.74. The Morgan fingerprint density at radius 2 is 2.06 bits per heavy atom. The summed E-state index contributed by atoms with van der Waals surface area (Å²) in [6, 6.07) is 6.59. The van der Waals surface area contributed by atoms with Crippen molar-refractivity contribution in [3.05, 3.63) is 30.1 Å². The van der Waals surface area contributed by atoms with E-state index in [0.717, 1.165) is 5.56 Å². The molecule has 1 unspecified atom stereocenters. The van der Waals surface area contributed by atoms with Crippen molar-refractivity contribution in [1.29, 1.82) is 0 Å². The second-order valence-corrected chi connectivity index (χ2v) is 3.74. The number of phenols is 1. The monoisotopic (exact) mass is 219 g/mol. The molecule has 0 fully saturated rings. The lowest BCUT2D eigenvalue weighted by atomic mass is 10.2. The standard InChI is InChI=1S/C11H13N3O2/c1-7(12)6-10-13-11(16-14-10)8-2-4-9(15)5-3-8/h2-5,7,15H,6,12H2,1H3. The molecule has 0 radical (unpaired) electrons. The molecule has 0 aliphatic rings. The van der Waals surface area contributed by atoms with E-state index >= 15 is 0 Å². The zero-order valence-corrected chi connectivity index (χ0v) is 8.92. The van der Waals surface area contributed by atoms with Crippen LogP contribution in [0.2, 0.25) is 0 Å². The normalized spacial score (nSPS) is 12.6. The number of hydrogen-bond donors (Lipinski definition) is 2. The van der Waals surface area contributed by atoms with Crippen LogP contribution in [0.4, 0.5) is 0 Å². The smallest absolute Gasteiger partial charge is 0.257 e. The van der Waals surface area contributed by atoms with Gasteiger partial charge in [0.25, 0.3) is 5.89 Å². The van der Waals surface area contributed by atoms with Crippen LogP contribution in [0.5, 0.6) is 5.75 Å². The van der Waals surface area contributed by atoms with Crippen molar-refractivity contribution in [3.8, 4) is 17.2 Å². The van der Waals surface area contributed by atoms with Crippen molar-refractivity contribution < 1.29 is 9.63 Å². The van der Waals surface area contributed by atoms with Crippen molar-refractivity contribution in [1.82, 2.24) is 10.1 Å². The minimum Gasteiger partial charge on any atom is -0.508 e. The maximum Gasteiger partial charge on any atom is 0.257 e. The minimum absolute atomic E-state index is 0.00488. The summed E-state index contributed by atoms with van der Waals surface area (Å²) in [5, 5.41) is 13.0. The Hall–Kier alpha value is -1.88. The molecule has 1 atom stereocenters. The van der Waals surface area contributed by atoms with E-state index in [2.05, 4.69) is 10.1 Å². The lowest BCUT2D eigenvalue weighted by molar-refractivity contribution is 0.420. The predicted octanol–water partition coefficient (Wildman–Crippen LogP) is 1.33. The number of hydrogen-bond acceptors (Lipinski definition) is 5. The van der Waals surface area contributed by atoms with Crippen LogP contribution in [0.25, 0.3) is 11.5 Å². The zero-order valence-electron chi connectivity index (χ0n) is 8.92. The van der Waals surface area contributed by atoms with Gasteiger partial charge in [-0.05, 0) is 31.2 Å². The van der Waals surface area contributed by atoms with E-state index in [-0.39, 0.29) is 11.8 Å². The highest BCUT2D eigenvalue weighted by Crippen LogP contribution is 2.20. The molecule has 84 valence electrons. The Kier molecular flexibility index (Phi) is 2.87. The molecule has 1 aromatic carbocycles.